The molecule has 29 heavy (non-hydrogen) atoms. The van der Waals surface area contributed by atoms with E-state index in [0.29, 0.717) is 6.61 Å². The minimum Gasteiger partial charge on any atom is -0.497 e. The number of hydrazone groups is 1. The number of rotatable bonds is 5. The van der Waals surface area contributed by atoms with Crippen LogP contribution >= 0.6 is 11.3 Å². The molecule has 2 aromatic carbocycles. The van der Waals surface area contributed by atoms with Crippen molar-refractivity contribution < 1.29 is 14.2 Å². The Hall–Kier alpha value is -2.99. The van der Waals surface area contributed by atoms with Crippen molar-refractivity contribution >= 4 is 17.0 Å². The van der Waals surface area contributed by atoms with Gasteiger partial charge in [0.25, 0.3) is 0 Å². The van der Waals surface area contributed by atoms with Crippen LogP contribution in [0.25, 0.3) is 0 Å². The van der Waals surface area contributed by atoms with Crippen molar-refractivity contribution in [2.75, 3.05) is 13.7 Å². The van der Waals surface area contributed by atoms with Gasteiger partial charge in [-0.3, -0.25) is 0 Å². The largest absolute Gasteiger partial charge is 0.497 e. The molecule has 5 nitrogen and oxygen atoms in total. The quantitative estimate of drug-likeness (QED) is 0.569. The second-order valence-corrected chi connectivity index (χ2v) is 7.79. The molecule has 148 valence electrons. The molecule has 2 aliphatic heterocycles. The zero-order valence-electron chi connectivity index (χ0n) is 16.4. The molecule has 5 rings (SSSR count). The Kier molecular flexibility index (Phi) is 4.64. The molecule has 0 unspecified atom stereocenters. The van der Waals surface area contributed by atoms with Crippen LogP contribution in [-0.2, 0) is 0 Å². The molecule has 0 N–H and O–H groups in total. The Bertz CT molecular complexity index is 1030. The number of thiophene rings is 1. The summed E-state index contributed by atoms with van der Waals surface area (Å²) in [5.74, 6) is 2.47. The van der Waals surface area contributed by atoms with Crippen molar-refractivity contribution in [1.29, 1.82) is 0 Å². The Morgan fingerprint density at radius 1 is 1.17 bits per heavy atom. The fourth-order valence-electron chi connectivity index (χ4n) is 3.95. The standard InChI is InChI=1S/C23H22N2O3S/c1-3-27-21-6-4-5-18-20-13-19(15-7-9-17(26-2)10-8-15)24-25(20)23(28-22(18)21)16-11-12-29-14-16/h4-12,14,20,23H,3,13H2,1-2H3/t20-,23+/m1/s1. The van der Waals surface area contributed by atoms with Gasteiger partial charge in [0, 0.05) is 17.5 Å². The number of hydrogen-bond donors (Lipinski definition) is 0. The van der Waals surface area contributed by atoms with Gasteiger partial charge in [-0.25, -0.2) is 5.01 Å². The zero-order valence-corrected chi connectivity index (χ0v) is 17.2. The fourth-order valence-corrected chi connectivity index (χ4v) is 4.61. The van der Waals surface area contributed by atoms with Crippen molar-refractivity contribution in [3.63, 3.8) is 0 Å². The van der Waals surface area contributed by atoms with Gasteiger partial charge in [-0.05, 0) is 59.6 Å². The first kappa shape index (κ1) is 18.1. The maximum atomic E-state index is 6.48. The van der Waals surface area contributed by atoms with E-state index in [-0.39, 0.29) is 12.3 Å². The van der Waals surface area contributed by atoms with Crippen LogP contribution in [0.5, 0.6) is 17.2 Å². The number of nitrogens with zero attached hydrogens (tertiary/aromatic N) is 2. The van der Waals surface area contributed by atoms with E-state index in [1.54, 1.807) is 18.4 Å². The Labute approximate surface area is 174 Å². The lowest BCUT2D eigenvalue weighted by Gasteiger charge is -2.38. The summed E-state index contributed by atoms with van der Waals surface area (Å²) in [6, 6.07) is 16.4. The molecule has 1 aromatic heterocycles. The van der Waals surface area contributed by atoms with Gasteiger partial charge in [0.05, 0.1) is 25.5 Å². The molecule has 0 fully saturated rings. The SMILES string of the molecule is CCOc1cccc2c1O[C@@H](c1ccsc1)N1N=C(c3ccc(OC)cc3)C[C@H]21. The number of fused-ring (bicyclic) bond motifs is 3. The van der Waals surface area contributed by atoms with E-state index >= 15 is 0 Å². The third-order valence-electron chi connectivity index (χ3n) is 5.33. The summed E-state index contributed by atoms with van der Waals surface area (Å²) >= 11 is 1.66. The molecule has 0 bridgehead atoms. The fraction of sp³-hybridized carbons (Fsp3) is 0.261. The maximum Gasteiger partial charge on any atom is 0.214 e. The normalized spacial score (nSPS) is 19.8. The smallest absolute Gasteiger partial charge is 0.214 e. The van der Waals surface area contributed by atoms with E-state index in [4.69, 9.17) is 19.3 Å². The van der Waals surface area contributed by atoms with Crippen LogP contribution in [0.4, 0.5) is 0 Å². The van der Waals surface area contributed by atoms with Crippen molar-refractivity contribution in [1.82, 2.24) is 5.01 Å². The van der Waals surface area contributed by atoms with Crippen LogP contribution in [0.1, 0.15) is 42.3 Å². The summed E-state index contributed by atoms with van der Waals surface area (Å²) in [6.07, 6.45) is 0.551. The molecule has 0 radical (unpaired) electrons. The van der Waals surface area contributed by atoms with Gasteiger partial charge >= 0.3 is 0 Å². The molecule has 0 aliphatic carbocycles. The predicted molar refractivity (Wildman–Crippen MR) is 114 cm³/mol. The van der Waals surface area contributed by atoms with Gasteiger partial charge in [0.15, 0.2) is 11.5 Å². The maximum absolute atomic E-state index is 6.48. The van der Waals surface area contributed by atoms with Gasteiger partial charge in [-0.15, -0.1) is 0 Å². The summed E-state index contributed by atoms with van der Waals surface area (Å²) < 4.78 is 17.6. The van der Waals surface area contributed by atoms with E-state index in [2.05, 4.69) is 40.0 Å². The third-order valence-corrected chi connectivity index (χ3v) is 6.03. The summed E-state index contributed by atoms with van der Waals surface area (Å²) in [7, 11) is 1.68. The molecule has 0 spiro atoms. The van der Waals surface area contributed by atoms with Gasteiger partial charge in [0.1, 0.15) is 5.75 Å². The topological polar surface area (TPSA) is 43.3 Å². The first-order valence-electron chi connectivity index (χ1n) is 9.73. The molecule has 6 heteroatoms. The van der Waals surface area contributed by atoms with Gasteiger partial charge in [-0.2, -0.15) is 16.4 Å². The van der Waals surface area contributed by atoms with Crippen LogP contribution in [0, 0.1) is 0 Å². The second kappa shape index (κ2) is 7.44. The van der Waals surface area contributed by atoms with Crippen LogP contribution in [0.3, 0.4) is 0 Å². The van der Waals surface area contributed by atoms with Crippen molar-refractivity contribution in [2.24, 2.45) is 5.10 Å². The average Bonchev–Trinajstić information content (AvgIpc) is 3.44. The van der Waals surface area contributed by atoms with Gasteiger partial charge < -0.3 is 14.2 Å². The lowest BCUT2D eigenvalue weighted by molar-refractivity contribution is -0.0209. The van der Waals surface area contributed by atoms with E-state index in [1.807, 2.05) is 31.2 Å². The van der Waals surface area contributed by atoms with Crippen LogP contribution < -0.4 is 14.2 Å². The van der Waals surface area contributed by atoms with Crippen LogP contribution in [0.15, 0.2) is 64.4 Å². The number of benzene rings is 2. The minimum absolute atomic E-state index is 0.112. The highest BCUT2D eigenvalue weighted by molar-refractivity contribution is 7.07. The number of hydrogen-bond acceptors (Lipinski definition) is 6. The van der Waals surface area contributed by atoms with E-state index < -0.39 is 0 Å². The monoisotopic (exact) mass is 406 g/mol. The summed E-state index contributed by atoms with van der Waals surface area (Å²) in [4.78, 5) is 0. The molecule has 2 atom stereocenters. The molecular formula is C23H22N2O3S. The third kappa shape index (κ3) is 3.13. The minimum atomic E-state index is -0.267. The van der Waals surface area contributed by atoms with E-state index in [9.17, 15) is 0 Å². The van der Waals surface area contributed by atoms with E-state index in [0.717, 1.165) is 46.1 Å². The summed E-state index contributed by atoms with van der Waals surface area (Å²) in [5.41, 5.74) is 4.38. The predicted octanol–water partition coefficient (Wildman–Crippen LogP) is 5.40. The number of methoxy groups -OCH3 is 1. The second-order valence-electron chi connectivity index (χ2n) is 7.01. The first-order chi connectivity index (χ1) is 14.3. The van der Waals surface area contributed by atoms with Gasteiger partial charge in [-0.1, -0.05) is 12.1 Å². The Balaban J connectivity index is 1.57. The lowest BCUT2D eigenvalue weighted by Crippen LogP contribution is -2.33. The highest BCUT2D eigenvalue weighted by atomic mass is 32.1. The van der Waals surface area contributed by atoms with Crippen molar-refractivity contribution in [2.45, 2.75) is 25.6 Å². The number of para-hydroxylation sites is 1. The summed E-state index contributed by atoms with van der Waals surface area (Å²) in [5, 5.41) is 11.3. The molecular weight excluding hydrogens is 384 g/mol. The average molecular weight is 407 g/mol. The van der Waals surface area contributed by atoms with Crippen LogP contribution in [0.2, 0.25) is 0 Å². The molecule has 3 aromatic rings. The first-order valence-corrected chi connectivity index (χ1v) is 10.7. The highest BCUT2D eigenvalue weighted by Gasteiger charge is 2.42. The molecule has 0 saturated carbocycles. The van der Waals surface area contributed by atoms with Crippen molar-refractivity contribution in [3.8, 4) is 17.2 Å². The molecule has 2 aliphatic rings. The highest BCUT2D eigenvalue weighted by Crippen LogP contribution is 2.50. The zero-order chi connectivity index (χ0) is 19.8. The van der Waals surface area contributed by atoms with E-state index in [1.165, 1.54) is 0 Å². The summed E-state index contributed by atoms with van der Waals surface area (Å²) in [6.45, 7) is 2.59. The molecule has 0 amide bonds. The Morgan fingerprint density at radius 3 is 2.76 bits per heavy atom. The molecule has 3 heterocycles. The Morgan fingerprint density at radius 2 is 2.03 bits per heavy atom. The molecule has 0 saturated heterocycles. The van der Waals surface area contributed by atoms with Crippen molar-refractivity contribution in [3.05, 3.63) is 76.0 Å². The lowest BCUT2D eigenvalue weighted by atomic mass is 9.95. The van der Waals surface area contributed by atoms with Crippen LogP contribution in [-0.4, -0.2) is 24.4 Å². The van der Waals surface area contributed by atoms with Gasteiger partial charge in [0.2, 0.25) is 6.23 Å². The number of ether oxygens (including phenoxy) is 3.